The number of Topliss-reactive ketones (excluding diaryl/α,β-unsaturated/α-hetero) is 1. The van der Waals surface area contributed by atoms with Crippen molar-refractivity contribution >= 4 is 40.3 Å². The molecular formula is C17H17N5O4S. The molecule has 140 valence electrons. The summed E-state index contributed by atoms with van der Waals surface area (Å²) in [4.78, 5) is 54.7. The Morgan fingerprint density at radius 1 is 1.22 bits per heavy atom. The van der Waals surface area contributed by atoms with E-state index in [4.69, 9.17) is 0 Å². The van der Waals surface area contributed by atoms with Gasteiger partial charge in [0.2, 0.25) is 5.91 Å². The van der Waals surface area contributed by atoms with Crippen LogP contribution in [0.1, 0.15) is 17.3 Å². The number of anilines is 1. The molecule has 0 aliphatic heterocycles. The summed E-state index contributed by atoms with van der Waals surface area (Å²) in [5, 5.41) is 3.06. The van der Waals surface area contributed by atoms with E-state index < -0.39 is 11.2 Å². The first-order chi connectivity index (χ1) is 12.8. The van der Waals surface area contributed by atoms with E-state index in [2.05, 4.69) is 15.3 Å². The number of benzene rings is 1. The van der Waals surface area contributed by atoms with E-state index in [1.165, 1.54) is 25.6 Å². The van der Waals surface area contributed by atoms with Crippen LogP contribution in [0.5, 0.6) is 0 Å². The first-order valence-corrected chi connectivity index (χ1v) is 8.96. The van der Waals surface area contributed by atoms with Gasteiger partial charge in [-0.15, -0.1) is 0 Å². The summed E-state index contributed by atoms with van der Waals surface area (Å²) in [5.41, 5.74) is 0.525. The molecule has 0 radical (unpaired) electrons. The van der Waals surface area contributed by atoms with E-state index in [1.54, 1.807) is 24.3 Å². The zero-order valence-electron chi connectivity index (χ0n) is 14.9. The van der Waals surface area contributed by atoms with Crippen LogP contribution >= 0.6 is 11.8 Å². The molecule has 3 aromatic rings. The number of aromatic nitrogens is 4. The predicted molar refractivity (Wildman–Crippen MR) is 102 cm³/mol. The Labute approximate surface area is 157 Å². The average Bonchev–Trinajstić information content (AvgIpc) is 3.08. The number of aryl methyl sites for hydroxylation is 1. The minimum absolute atomic E-state index is 0.0401. The first kappa shape index (κ1) is 18.6. The number of imidazole rings is 1. The third kappa shape index (κ3) is 3.70. The van der Waals surface area contributed by atoms with Crippen LogP contribution in [0.2, 0.25) is 0 Å². The van der Waals surface area contributed by atoms with Crippen LogP contribution in [-0.4, -0.2) is 36.5 Å². The SMILES string of the molecule is CC(=O)c1cccc(NC(=O)CSc2nc3c([nH]2)c(=O)n(C)c(=O)n3C)c1. The highest BCUT2D eigenvalue weighted by Crippen LogP contribution is 2.17. The summed E-state index contributed by atoms with van der Waals surface area (Å²) < 4.78 is 2.26. The Balaban J connectivity index is 1.74. The number of H-pyrrole nitrogens is 1. The van der Waals surface area contributed by atoms with E-state index in [-0.39, 0.29) is 28.6 Å². The van der Waals surface area contributed by atoms with Crippen molar-refractivity contribution in [2.24, 2.45) is 14.1 Å². The maximum absolute atomic E-state index is 12.1. The minimum atomic E-state index is -0.474. The number of hydrogen-bond donors (Lipinski definition) is 2. The molecule has 0 unspecified atom stereocenters. The fourth-order valence-electron chi connectivity index (χ4n) is 2.52. The summed E-state index contributed by atoms with van der Waals surface area (Å²) in [7, 11) is 2.91. The van der Waals surface area contributed by atoms with Gasteiger partial charge in [0.05, 0.1) is 5.75 Å². The van der Waals surface area contributed by atoms with Crippen molar-refractivity contribution in [3.05, 3.63) is 50.7 Å². The van der Waals surface area contributed by atoms with Gasteiger partial charge in [0, 0.05) is 25.3 Å². The molecule has 2 aromatic heterocycles. The molecule has 0 spiro atoms. The normalized spacial score (nSPS) is 10.9. The van der Waals surface area contributed by atoms with E-state index in [1.807, 2.05) is 0 Å². The topological polar surface area (TPSA) is 119 Å². The van der Waals surface area contributed by atoms with Crippen molar-refractivity contribution in [1.82, 2.24) is 19.1 Å². The van der Waals surface area contributed by atoms with Crippen LogP contribution in [0.3, 0.4) is 0 Å². The van der Waals surface area contributed by atoms with Gasteiger partial charge in [-0.05, 0) is 19.1 Å². The van der Waals surface area contributed by atoms with Gasteiger partial charge in [0.15, 0.2) is 22.1 Å². The van der Waals surface area contributed by atoms with Crippen molar-refractivity contribution < 1.29 is 9.59 Å². The van der Waals surface area contributed by atoms with Crippen LogP contribution in [0.15, 0.2) is 39.0 Å². The van der Waals surface area contributed by atoms with Crippen LogP contribution in [0, 0.1) is 0 Å². The monoisotopic (exact) mass is 387 g/mol. The van der Waals surface area contributed by atoms with E-state index in [9.17, 15) is 19.2 Å². The molecular weight excluding hydrogens is 370 g/mol. The van der Waals surface area contributed by atoms with Gasteiger partial charge in [-0.25, -0.2) is 9.78 Å². The number of fused-ring (bicyclic) bond motifs is 1. The number of nitrogens with zero attached hydrogens (tertiary/aromatic N) is 3. The lowest BCUT2D eigenvalue weighted by Gasteiger charge is -2.05. The second-order valence-corrected chi connectivity index (χ2v) is 6.88. The Bertz CT molecular complexity index is 1170. The summed E-state index contributed by atoms with van der Waals surface area (Å²) in [6.45, 7) is 1.45. The molecule has 3 rings (SSSR count). The number of ketones is 1. The maximum Gasteiger partial charge on any atom is 0.332 e. The van der Waals surface area contributed by atoms with Gasteiger partial charge in [-0.3, -0.25) is 23.5 Å². The number of thioether (sulfide) groups is 1. The molecule has 0 aliphatic rings. The molecule has 9 nitrogen and oxygen atoms in total. The Morgan fingerprint density at radius 2 is 1.96 bits per heavy atom. The summed E-state index contributed by atoms with van der Waals surface area (Å²) >= 11 is 1.10. The van der Waals surface area contributed by atoms with E-state index in [0.717, 1.165) is 16.3 Å². The zero-order chi connectivity index (χ0) is 19.7. The quantitative estimate of drug-likeness (QED) is 0.496. The van der Waals surface area contributed by atoms with E-state index >= 15 is 0 Å². The fourth-order valence-corrected chi connectivity index (χ4v) is 3.19. The maximum atomic E-state index is 12.1. The van der Waals surface area contributed by atoms with Gasteiger partial charge in [0.1, 0.15) is 0 Å². The van der Waals surface area contributed by atoms with Crippen LogP contribution in [0.25, 0.3) is 11.2 Å². The largest absolute Gasteiger partial charge is 0.332 e. The highest BCUT2D eigenvalue weighted by Gasteiger charge is 2.14. The molecule has 0 bridgehead atoms. The lowest BCUT2D eigenvalue weighted by Crippen LogP contribution is -2.36. The molecule has 0 saturated carbocycles. The molecule has 0 saturated heterocycles. The highest BCUT2D eigenvalue weighted by atomic mass is 32.2. The van der Waals surface area contributed by atoms with Crippen LogP contribution in [0.4, 0.5) is 5.69 Å². The van der Waals surface area contributed by atoms with Crippen molar-refractivity contribution in [3.63, 3.8) is 0 Å². The fraction of sp³-hybridized carbons (Fsp3) is 0.235. The van der Waals surface area contributed by atoms with E-state index in [0.29, 0.717) is 16.4 Å². The number of carbonyl (C=O) groups is 2. The van der Waals surface area contributed by atoms with Gasteiger partial charge < -0.3 is 10.3 Å². The Kier molecular flexibility index (Phi) is 5.00. The summed E-state index contributed by atoms with van der Waals surface area (Å²) in [6, 6.07) is 6.65. The molecule has 0 fully saturated rings. The Hall–Kier alpha value is -3.14. The number of aromatic amines is 1. The predicted octanol–water partition coefficient (Wildman–Crippen LogP) is 0.894. The minimum Gasteiger partial charge on any atom is -0.327 e. The molecule has 2 N–H and O–H groups in total. The third-order valence-corrected chi connectivity index (χ3v) is 4.84. The first-order valence-electron chi connectivity index (χ1n) is 7.97. The smallest absolute Gasteiger partial charge is 0.327 e. The van der Waals surface area contributed by atoms with Crippen molar-refractivity contribution in [3.8, 4) is 0 Å². The van der Waals surface area contributed by atoms with Crippen molar-refractivity contribution in [2.75, 3.05) is 11.1 Å². The van der Waals surface area contributed by atoms with Crippen LogP contribution < -0.4 is 16.6 Å². The van der Waals surface area contributed by atoms with Gasteiger partial charge >= 0.3 is 5.69 Å². The average molecular weight is 387 g/mol. The summed E-state index contributed by atoms with van der Waals surface area (Å²) in [6.07, 6.45) is 0. The highest BCUT2D eigenvalue weighted by molar-refractivity contribution is 7.99. The number of rotatable bonds is 5. The van der Waals surface area contributed by atoms with Gasteiger partial charge in [-0.2, -0.15) is 0 Å². The molecule has 1 aromatic carbocycles. The molecule has 10 heteroatoms. The number of nitrogens with one attached hydrogen (secondary N) is 2. The standard InChI is InChI=1S/C17H17N5O4S/c1-9(23)10-5-4-6-11(7-10)18-12(24)8-27-16-19-13-14(20-16)21(2)17(26)22(3)15(13)25/h4-7H,8H2,1-3H3,(H,18,24)(H,19,20). The molecule has 1 amide bonds. The summed E-state index contributed by atoms with van der Waals surface area (Å²) in [5.74, 6) is -0.337. The number of carbonyl (C=O) groups excluding carboxylic acids is 2. The van der Waals surface area contributed by atoms with Crippen molar-refractivity contribution in [1.29, 1.82) is 0 Å². The number of hydrogen-bond acceptors (Lipinski definition) is 6. The zero-order valence-corrected chi connectivity index (χ0v) is 15.7. The Morgan fingerprint density at radius 3 is 2.67 bits per heavy atom. The molecule has 0 atom stereocenters. The second-order valence-electron chi connectivity index (χ2n) is 5.92. The molecule has 27 heavy (non-hydrogen) atoms. The molecule has 0 aliphatic carbocycles. The lowest BCUT2D eigenvalue weighted by atomic mass is 10.1. The lowest BCUT2D eigenvalue weighted by molar-refractivity contribution is -0.113. The van der Waals surface area contributed by atoms with Gasteiger partial charge in [-0.1, -0.05) is 23.9 Å². The third-order valence-electron chi connectivity index (χ3n) is 3.97. The number of amides is 1. The molecule has 2 heterocycles. The van der Waals surface area contributed by atoms with Crippen LogP contribution in [-0.2, 0) is 18.9 Å². The second kappa shape index (κ2) is 7.23. The van der Waals surface area contributed by atoms with Gasteiger partial charge in [0.25, 0.3) is 5.56 Å². The van der Waals surface area contributed by atoms with Crippen molar-refractivity contribution in [2.45, 2.75) is 12.1 Å².